The monoisotopic (exact) mass is 278 g/mol. The Morgan fingerprint density at radius 2 is 2.15 bits per heavy atom. The molecule has 6 nitrogen and oxygen atoms in total. The Labute approximate surface area is 119 Å². The van der Waals surface area contributed by atoms with E-state index in [1.807, 2.05) is 11.5 Å². The van der Waals surface area contributed by atoms with Crippen LogP contribution in [0.1, 0.15) is 30.3 Å². The molecule has 0 aromatic carbocycles. The van der Waals surface area contributed by atoms with E-state index in [0.717, 1.165) is 12.8 Å². The lowest BCUT2D eigenvalue weighted by molar-refractivity contribution is -0.132. The second kappa shape index (κ2) is 5.56. The molecular formula is C14H22N4O2. The number of amides is 2. The van der Waals surface area contributed by atoms with Crippen molar-refractivity contribution in [1.29, 1.82) is 0 Å². The number of aryl methyl sites for hydroxylation is 1. The summed E-state index contributed by atoms with van der Waals surface area (Å²) in [5, 5.41) is 0. The summed E-state index contributed by atoms with van der Waals surface area (Å²) in [6.07, 6.45) is 3.34. The predicted molar refractivity (Wildman–Crippen MR) is 77.3 cm³/mol. The molecule has 110 valence electrons. The minimum atomic E-state index is -0.348. The smallest absolute Gasteiger partial charge is 0.271 e. The number of hydrogen-bond acceptors (Lipinski definition) is 3. The minimum Gasteiger partial charge on any atom is -0.397 e. The molecule has 1 atom stereocenters. The summed E-state index contributed by atoms with van der Waals surface area (Å²) in [5.74, 6) is -0.125. The molecule has 1 aliphatic heterocycles. The summed E-state index contributed by atoms with van der Waals surface area (Å²) in [6, 6.07) is 1.33. The van der Waals surface area contributed by atoms with Gasteiger partial charge in [-0.05, 0) is 25.8 Å². The number of nitrogens with zero attached hydrogens (tertiary/aromatic N) is 3. The van der Waals surface area contributed by atoms with Crippen molar-refractivity contribution >= 4 is 17.5 Å². The fourth-order valence-corrected chi connectivity index (χ4v) is 2.69. The van der Waals surface area contributed by atoms with Crippen molar-refractivity contribution in [2.75, 3.05) is 26.4 Å². The zero-order chi connectivity index (χ0) is 14.9. The molecule has 0 radical (unpaired) electrons. The molecule has 1 aromatic heterocycles. The summed E-state index contributed by atoms with van der Waals surface area (Å²) in [4.78, 5) is 28.0. The molecule has 1 saturated heterocycles. The van der Waals surface area contributed by atoms with Crippen LogP contribution >= 0.6 is 0 Å². The molecular weight excluding hydrogens is 256 g/mol. The molecule has 1 aromatic rings. The molecule has 0 spiro atoms. The number of aromatic nitrogens is 1. The number of carbonyl (C=O) groups excluding carboxylic acids is 2. The Hall–Kier alpha value is -1.98. The van der Waals surface area contributed by atoms with Gasteiger partial charge >= 0.3 is 0 Å². The van der Waals surface area contributed by atoms with Crippen LogP contribution in [0, 0.1) is 0 Å². The highest BCUT2D eigenvalue weighted by molar-refractivity contribution is 5.97. The highest BCUT2D eigenvalue weighted by Crippen LogP contribution is 2.23. The standard InChI is InChI=1S/C14H22N4O2/c1-4-17-9-10(15)8-12(17)14(20)18-7-5-6-11(18)13(19)16(2)3/h8-9,11H,4-7,15H2,1-3H3. The van der Waals surface area contributed by atoms with E-state index >= 15 is 0 Å². The second-order valence-corrected chi connectivity index (χ2v) is 5.33. The summed E-state index contributed by atoms with van der Waals surface area (Å²) in [5.41, 5.74) is 6.90. The summed E-state index contributed by atoms with van der Waals surface area (Å²) >= 11 is 0. The van der Waals surface area contributed by atoms with Gasteiger partial charge in [0, 0.05) is 33.4 Å². The third-order valence-electron chi connectivity index (χ3n) is 3.72. The van der Waals surface area contributed by atoms with E-state index in [9.17, 15) is 9.59 Å². The quantitative estimate of drug-likeness (QED) is 0.888. The van der Waals surface area contributed by atoms with Crippen LogP contribution in [0.5, 0.6) is 0 Å². The number of anilines is 1. The van der Waals surface area contributed by atoms with Crippen LogP contribution in [-0.2, 0) is 11.3 Å². The number of hydrogen-bond donors (Lipinski definition) is 1. The van der Waals surface area contributed by atoms with Gasteiger partial charge in [-0.25, -0.2) is 0 Å². The first-order valence-corrected chi connectivity index (χ1v) is 6.93. The maximum absolute atomic E-state index is 12.7. The summed E-state index contributed by atoms with van der Waals surface area (Å²) in [7, 11) is 3.44. The van der Waals surface area contributed by atoms with Gasteiger partial charge in [0.2, 0.25) is 5.91 Å². The summed E-state index contributed by atoms with van der Waals surface area (Å²) < 4.78 is 1.83. The van der Waals surface area contributed by atoms with E-state index in [1.54, 1.807) is 36.2 Å². The normalized spacial score (nSPS) is 18.4. The molecule has 20 heavy (non-hydrogen) atoms. The zero-order valence-corrected chi connectivity index (χ0v) is 12.3. The highest BCUT2D eigenvalue weighted by Gasteiger charge is 2.36. The van der Waals surface area contributed by atoms with Crippen molar-refractivity contribution < 1.29 is 9.59 Å². The van der Waals surface area contributed by atoms with E-state index < -0.39 is 0 Å². The largest absolute Gasteiger partial charge is 0.397 e. The second-order valence-electron chi connectivity index (χ2n) is 5.33. The maximum atomic E-state index is 12.7. The minimum absolute atomic E-state index is 0.0153. The molecule has 0 saturated carbocycles. The third-order valence-corrected chi connectivity index (χ3v) is 3.72. The van der Waals surface area contributed by atoms with Gasteiger partial charge in [0.25, 0.3) is 5.91 Å². The maximum Gasteiger partial charge on any atom is 0.271 e. The summed E-state index contributed by atoms with van der Waals surface area (Å²) in [6.45, 7) is 3.26. The number of likely N-dealkylation sites (tertiary alicyclic amines) is 1. The van der Waals surface area contributed by atoms with Crippen molar-refractivity contribution in [2.45, 2.75) is 32.4 Å². The van der Waals surface area contributed by atoms with Crippen LogP contribution in [0.15, 0.2) is 12.3 Å². The van der Waals surface area contributed by atoms with E-state index in [2.05, 4.69) is 0 Å². The topological polar surface area (TPSA) is 71.6 Å². The first-order chi connectivity index (χ1) is 9.45. The molecule has 2 N–H and O–H groups in total. The molecule has 0 aliphatic carbocycles. The lowest BCUT2D eigenvalue weighted by Crippen LogP contribution is -2.45. The highest BCUT2D eigenvalue weighted by atomic mass is 16.2. The van der Waals surface area contributed by atoms with Crippen LogP contribution in [0.4, 0.5) is 5.69 Å². The molecule has 2 rings (SSSR count). The van der Waals surface area contributed by atoms with Crippen LogP contribution in [0.3, 0.4) is 0 Å². The molecule has 1 aliphatic rings. The molecule has 1 fully saturated rings. The van der Waals surface area contributed by atoms with Crippen LogP contribution in [0.25, 0.3) is 0 Å². The Morgan fingerprint density at radius 3 is 2.75 bits per heavy atom. The Morgan fingerprint density at radius 1 is 1.45 bits per heavy atom. The predicted octanol–water partition coefficient (Wildman–Crippen LogP) is 0.783. The lowest BCUT2D eigenvalue weighted by Gasteiger charge is -2.26. The molecule has 0 bridgehead atoms. The lowest BCUT2D eigenvalue weighted by atomic mass is 10.2. The van der Waals surface area contributed by atoms with Gasteiger partial charge in [-0.3, -0.25) is 9.59 Å². The van der Waals surface area contributed by atoms with E-state index in [0.29, 0.717) is 24.5 Å². The van der Waals surface area contributed by atoms with Crippen LogP contribution < -0.4 is 5.73 Å². The Bertz CT molecular complexity index is 521. The number of likely N-dealkylation sites (N-methyl/N-ethyl adjacent to an activating group) is 1. The van der Waals surface area contributed by atoms with Gasteiger partial charge in [0.1, 0.15) is 11.7 Å². The van der Waals surface area contributed by atoms with Gasteiger partial charge in [-0.15, -0.1) is 0 Å². The fourth-order valence-electron chi connectivity index (χ4n) is 2.69. The van der Waals surface area contributed by atoms with Crippen LogP contribution in [0.2, 0.25) is 0 Å². The van der Waals surface area contributed by atoms with Gasteiger partial charge in [-0.2, -0.15) is 0 Å². The first kappa shape index (κ1) is 14.4. The molecule has 2 heterocycles. The van der Waals surface area contributed by atoms with E-state index in [-0.39, 0.29) is 17.9 Å². The zero-order valence-electron chi connectivity index (χ0n) is 12.3. The van der Waals surface area contributed by atoms with Crippen molar-refractivity contribution in [3.05, 3.63) is 18.0 Å². The molecule has 2 amide bonds. The Kier molecular flexibility index (Phi) is 4.01. The van der Waals surface area contributed by atoms with Crippen molar-refractivity contribution in [3.8, 4) is 0 Å². The van der Waals surface area contributed by atoms with E-state index in [4.69, 9.17) is 5.73 Å². The number of nitrogen functional groups attached to an aromatic ring is 1. The first-order valence-electron chi connectivity index (χ1n) is 6.93. The van der Waals surface area contributed by atoms with Gasteiger partial charge in [-0.1, -0.05) is 0 Å². The SMILES string of the molecule is CCn1cc(N)cc1C(=O)N1CCCC1C(=O)N(C)C. The molecule has 6 heteroatoms. The number of carbonyl (C=O) groups is 2. The number of rotatable bonds is 3. The average Bonchev–Trinajstić information content (AvgIpc) is 3.02. The third kappa shape index (κ3) is 2.50. The van der Waals surface area contributed by atoms with Crippen molar-refractivity contribution in [2.24, 2.45) is 0 Å². The fraction of sp³-hybridized carbons (Fsp3) is 0.571. The van der Waals surface area contributed by atoms with Crippen LogP contribution in [-0.4, -0.2) is 52.9 Å². The van der Waals surface area contributed by atoms with Crippen molar-refractivity contribution in [3.63, 3.8) is 0 Å². The van der Waals surface area contributed by atoms with Crippen molar-refractivity contribution in [1.82, 2.24) is 14.4 Å². The molecule has 1 unspecified atom stereocenters. The van der Waals surface area contributed by atoms with Gasteiger partial charge in [0.05, 0.1) is 5.69 Å². The number of nitrogens with two attached hydrogens (primary N) is 1. The van der Waals surface area contributed by atoms with Gasteiger partial charge < -0.3 is 20.1 Å². The van der Waals surface area contributed by atoms with E-state index in [1.165, 1.54) is 0 Å². The Balaban J connectivity index is 2.25. The van der Waals surface area contributed by atoms with Gasteiger partial charge in [0.15, 0.2) is 0 Å². The average molecular weight is 278 g/mol.